The molecule has 3 rings (SSSR count). The van der Waals surface area contributed by atoms with E-state index in [1.807, 2.05) is 30.3 Å². The minimum Gasteiger partial charge on any atom is -0.495 e. The molecule has 0 spiro atoms. The number of aryl methyl sites for hydroxylation is 1. The van der Waals surface area contributed by atoms with E-state index in [0.717, 1.165) is 19.3 Å². The van der Waals surface area contributed by atoms with Crippen molar-refractivity contribution < 1.29 is 17.9 Å². The average molecular weight is 388 g/mol. The number of anilines is 1. The molecule has 0 radical (unpaired) electrons. The van der Waals surface area contributed by atoms with Crippen LogP contribution in [0.25, 0.3) is 0 Å². The SMILES string of the molecule is COc1ccc(S(=O)(=O)NC2CC2)cc1NC(=O)CCCc1ccccc1. The van der Waals surface area contributed by atoms with E-state index in [1.165, 1.54) is 24.8 Å². The highest BCUT2D eigenvalue weighted by Gasteiger charge is 2.28. The van der Waals surface area contributed by atoms with Gasteiger partial charge in [-0.15, -0.1) is 0 Å². The molecule has 27 heavy (non-hydrogen) atoms. The molecule has 0 heterocycles. The molecular formula is C20H24N2O4S. The van der Waals surface area contributed by atoms with Crippen LogP contribution in [-0.4, -0.2) is 27.5 Å². The first-order chi connectivity index (χ1) is 13.0. The molecule has 1 aliphatic carbocycles. The van der Waals surface area contributed by atoms with Crippen molar-refractivity contribution in [1.82, 2.24) is 4.72 Å². The molecule has 0 aromatic heterocycles. The van der Waals surface area contributed by atoms with Crippen molar-refractivity contribution >= 4 is 21.6 Å². The summed E-state index contributed by atoms with van der Waals surface area (Å²) in [6, 6.07) is 14.5. The predicted molar refractivity (Wildman–Crippen MR) is 104 cm³/mol. The van der Waals surface area contributed by atoms with Gasteiger partial charge in [0, 0.05) is 12.5 Å². The second-order valence-corrected chi connectivity index (χ2v) is 8.36. The van der Waals surface area contributed by atoms with Gasteiger partial charge in [-0.1, -0.05) is 30.3 Å². The van der Waals surface area contributed by atoms with E-state index >= 15 is 0 Å². The van der Waals surface area contributed by atoms with Gasteiger partial charge in [-0.3, -0.25) is 4.79 Å². The number of ether oxygens (including phenoxy) is 1. The Balaban J connectivity index is 1.63. The molecule has 2 aromatic rings. The first-order valence-electron chi connectivity index (χ1n) is 9.02. The number of hydrogen-bond acceptors (Lipinski definition) is 4. The maximum absolute atomic E-state index is 12.4. The molecule has 1 fully saturated rings. The van der Waals surface area contributed by atoms with Crippen LogP contribution < -0.4 is 14.8 Å². The van der Waals surface area contributed by atoms with Crippen LogP contribution in [-0.2, 0) is 21.2 Å². The summed E-state index contributed by atoms with van der Waals surface area (Å²) < 4.78 is 32.7. The molecule has 7 heteroatoms. The van der Waals surface area contributed by atoms with Gasteiger partial charge in [0.15, 0.2) is 0 Å². The Morgan fingerprint density at radius 3 is 2.56 bits per heavy atom. The van der Waals surface area contributed by atoms with Crippen LogP contribution >= 0.6 is 0 Å². The van der Waals surface area contributed by atoms with Crippen LogP contribution in [0, 0.1) is 0 Å². The highest BCUT2D eigenvalue weighted by atomic mass is 32.2. The third-order valence-electron chi connectivity index (χ3n) is 4.37. The van der Waals surface area contributed by atoms with Gasteiger partial charge in [-0.2, -0.15) is 0 Å². The summed E-state index contributed by atoms with van der Waals surface area (Å²) in [5.74, 6) is 0.255. The predicted octanol–water partition coefficient (Wildman–Crippen LogP) is 3.10. The monoisotopic (exact) mass is 388 g/mol. The maximum atomic E-state index is 12.4. The summed E-state index contributed by atoms with van der Waals surface area (Å²) in [4.78, 5) is 12.4. The Bertz CT molecular complexity index is 893. The molecule has 1 aliphatic rings. The van der Waals surface area contributed by atoms with Crippen LogP contribution in [0.5, 0.6) is 5.75 Å². The van der Waals surface area contributed by atoms with Crippen molar-refractivity contribution in [2.24, 2.45) is 0 Å². The van der Waals surface area contributed by atoms with Gasteiger partial charge in [-0.25, -0.2) is 13.1 Å². The topological polar surface area (TPSA) is 84.5 Å². The number of rotatable bonds is 9. The third-order valence-corrected chi connectivity index (χ3v) is 5.88. The number of carbonyl (C=O) groups excluding carboxylic acids is 1. The normalized spacial score (nSPS) is 14.0. The van der Waals surface area contributed by atoms with Crippen LogP contribution in [0.4, 0.5) is 5.69 Å². The van der Waals surface area contributed by atoms with Crippen molar-refractivity contribution in [3.05, 3.63) is 54.1 Å². The van der Waals surface area contributed by atoms with Gasteiger partial charge in [0.1, 0.15) is 5.75 Å². The standard InChI is InChI=1S/C20H24N2O4S/c1-26-19-13-12-17(27(24,25)22-16-10-11-16)14-18(19)21-20(23)9-5-8-15-6-3-2-4-7-15/h2-4,6-7,12-14,16,22H,5,8-11H2,1H3,(H,21,23). The Morgan fingerprint density at radius 1 is 1.15 bits per heavy atom. The van der Waals surface area contributed by atoms with Crippen LogP contribution in [0.3, 0.4) is 0 Å². The van der Waals surface area contributed by atoms with Crippen LogP contribution in [0.2, 0.25) is 0 Å². The molecule has 1 amide bonds. The summed E-state index contributed by atoms with van der Waals surface area (Å²) >= 11 is 0. The van der Waals surface area contributed by atoms with E-state index in [9.17, 15) is 13.2 Å². The third kappa shape index (κ3) is 5.55. The van der Waals surface area contributed by atoms with Crippen molar-refractivity contribution in [1.29, 1.82) is 0 Å². The lowest BCUT2D eigenvalue weighted by Gasteiger charge is -2.13. The summed E-state index contributed by atoms with van der Waals surface area (Å²) in [5, 5.41) is 2.77. The summed E-state index contributed by atoms with van der Waals surface area (Å²) in [5.41, 5.74) is 1.54. The fourth-order valence-corrected chi connectivity index (χ4v) is 4.08. The molecule has 1 saturated carbocycles. The van der Waals surface area contributed by atoms with Crippen molar-refractivity contribution in [3.63, 3.8) is 0 Å². The summed E-state index contributed by atoms with van der Waals surface area (Å²) in [7, 11) is -2.11. The van der Waals surface area contributed by atoms with E-state index in [-0.39, 0.29) is 16.8 Å². The highest BCUT2D eigenvalue weighted by molar-refractivity contribution is 7.89. The van der Waals surface area contributed by atoms with Crippen LogP contribution in [0.15, 0.2) is 53.4 Å². The molecule has 0 saturated heterocycles. The second-order valence-electron chi connectivity index (χ2n) is 6.64. The molecule has 2 N–H and O–H groups in total. The molecule has 0 unspecified atom stereocenters. The minimum atomic E-state index is -3.59. The zero-order chi connectivity index (χ0) is 19.3. The first-order valence-corrected chi connectivity index (χ1v) is 10.5. The molecule has 0 aliphatic heterocycles. The lowest BCUT2D eigenvalue weighted by Crippen LogP contribution is -2.25. The largest absolute Gasteiger partial charge is 0.495 e. The lowest BCUT2D eigenvalue weighted by atomic mass is 10.1. The maximum Gasteiger partial charge on any atom is 0.240 e. The molecular weight excluding hydrogens is 364 g/mol. The molecule has 0 atom stereocenters. The van der Waals surface area contributed by atoms with Gasteiger partial charge in [0.05, 0.1) is 17.7 Å². The Morgan fingerprint density at radius 2 is 1.89 bits per heavy atom. The van der Waals surface area contributed by atoms with E-state index in [1.54, 1.807) is 6.07 Å². The Labute approximate surface area is 160 Å². The van der Waals surface area contributed by atoms with Gasteiger partial charge >= 0.3 is 0 Å². The van der Waals surface area contributed by atoms with E-state index < -0.39 is 10.0 Å². The smallest absolute Gasteiger partial charge is 0.240 e. The van der Waals surface area contributed by atoms with Crippen LogP contribution in [0.1, 0.15) is 31.2 Å². The average Bonchev–Trinajstić information content (AvgIpc) is 3.46. The highest BCUT2D eigenvalue weighted by Crippen LogP contribution is 2.29. The molecule has 0 bridgehead atoms. The number of nitrogens with one attached hydrogen (secondary N) is 2. The Hall–Kier alpha value is -2.38. The fraction of sp³-hybridized carbons (Fsp3) is 0.350. The van der Waals surface area contributed by atoms with Gasteiger partial charge in [0.25, 0.3) is 0 Å². The van der Waals surface area contributed by atoms with E-state index in [2.05, 4.69) is 10.0 Å². The van der Waals surface area contributed by atoms with Gasteiger partial charge < -0.3 is 10.1 Å². The number of hydrogen-bond donors (Lipinski definition) is 2. The summed E-state index contributed by atoms with van der Waals surface area (Å²) in [6.45, 7) is 0. The zero-order valence-corrected chi connectivity index (χ0v) is 16.1. The number of benzene rings is 2. The van der Waals surface area contributed by atoms with Crippen molar-refractivity contribution in [2.75, 3.05) is 12.4 Å². The molecule has 2 aromatic carbocycles. The molecule has 6 nitrogen and oxygen atoms in total. The van der Waals surface area contributed by atoms with E-state index in [0.29, 0.717) is 24.3 Å². The Kier molecular flexibility index (Phi) is 6.13. The van der Waals surface area contributed by atoms with Gasteiger partial charge in [0.2, 0.25) is 15.9 Å². The minimum absolute atomic E-state index is 0.0214. The zero-order valence-electron chi connectivity index (χ0n) is 15.3. The molecule has 144 valence electrons. The number of carbonyl (C=O) groups is 1. The fourth-order valence-electron chi connectivity index (χ4n) is 2.75. The van der Waals surface area contributed by atoms with Crippen molar-refractivity contribution in [3.8, 4) is 5.75 Å². The number of amides is 1. The number of sulfonamides is 1. The summed E-state index contributed by atoms with van der Waals surface area (Å²) in [6.07, 6.45) is 3.58. The number of methoxy groups -OCH3 is 1. The first kappa shape index (κ1) is 19.4. The quantitative estimate of drug-likeness (QED) is 0.691. The van der Waals surface area contributed by atoms with E-state index in [4.69, 9.17) is 4.74 Å². The van der Waals surface area contributed by atoms with Gasteiger partial charge in [-0.05, 0) is 49.4 Å². The second kappa shape index (κ2) is 8.54. The van der Waals surface area contributed by atoms with Crippen molar-refractivity contribution in [2.45, 2.75) is 43.0 Å². The lowest BCUT2D eigenvalue weighted by molar-refractivity contribution is -0.116.